The molecular formula is C21H20ClN5O5. The zero-order valence-electron chi connectivity index (χ0n) is 17.3. The highest BCUT2D eigenvalue weighted by Gasteiger charge is 2.15. The number of nitrogens with one attached hydrogen (secondary N) is 1. The molecule has 1 aromatic heterocycles. The number of aromatic nitrogens is 2. The van der Waals surface area contributed by atoms with Gasteiger partial charge < -0.3 is 9.47 Å². The summed E-state index contributed by atoms with van der Waals surface area (Å²) >= 11 is 6.18. The number of methoxy groups -OCH3 is 1. The van der Waals surface area contributed by atoms with Crippen LogP contribution in [-0.4, -0.2) is 34.6 Å². The number of ether oxygens (including phenoxy) is 2. The van der Waals surface area contributed by atoms with Crippen LogP contribution in [0, 0.1) is 10.1 Å². The summed E-state index contributed by atoms with van der Waals surface area (Å²) in [4.78, 5) is 23.4. The summed E-state index contributed by atoms with van der Waals surface area (Å²) in [5, 5.41) is 19.3. The highest BCUT2D eigenvalue weighted by atomic mass is 35.5. The Morgan fingerprint density at radius 1 is 1.28 bits per heavy atom. The molecule has 0 bridgehead atoms. The Hall–Kier alpha value is -3.92. The maximum Gasteiger partial charge on any atom is 0.311 e. The van der Waals surface area contributed by atoms with Gasteiger partial charge in [0.1, 0.15) is 16.5 Å². The van der Waals surface area contributed by atoms with E-state index in [0.29, 0.717) is 23.6 Å². The first-order valence-electron chi connectivity index (χ1n) is 9.57. The molecule has 10 nitrogen and oxygen atoms in total. The number of nitrogens with zero attached hydrogens (tertiary/aromatic N) is 4. The van der Waals surface area contributed by atoms with Crippen LogP contribution in [0.3, 0.4) is 0 Å². The molecule has 0 fully saturated rings. The average molecular weight is 458 g/mol. The second-order valence-electron chi connectivity index (χ2n) is 6.49. The maximum atomic E-state index is 12.6. The van der Waals surface area contributed by atoms with Crippen molar-refractivity contribution in [1.82, 2.24) is 9.78 Å². The molecule has 166 valence electrons. The SMILES string of the molecule is CCCOc1ccc(/C=N\Nc2cnn(-c3ccc(OC)cc3)c(=O)c2Cl)cc1[N+](=O)[O-]. The van der Waals surface area contributed by atoms with Gasteiger partial charge in [0.25, 0.3) is 5.56 Å². The second kappa shape index (κ2) is 10.4. The molecule has 3 aromatic rings. The summed E-state index contributed by atoms with van der Waals surface area (Å²) < 4.78 is 11.6. The number of anilines is 1. The Labute approximate surface area is 188 Å². The van der Waals surface area contributed by atoms with Crippen LogP contribution in [0.5, 0.6) is 11.5 Å². The Balaban J connectivity index is 1.78. The molecule has 0 atom stereocenters. The Morgan fingerprint density at radius 2 is 2.03 bits per heavy atom. The van der Waals surface area contributed by atoms with E-state index in [-0.39, 0.29) is 22.1 Å². The number of hydrazone groups is 1. The molecular weight excluding hydrogens is 438 g/mol. The van der Waals surface area contributed by atoms with Crippen molar-refractivity contribution >= 4 is 29.2 Å². The highest BCUT2D eigenvalue weighted by Crippen LogP contribution is 2.27. The molecule has 0 aliphatic heterocycles. The minimum Gasteiger partial charge on any atom is -0.497 e. The minimum absolute atomic E-state index is 0.109. The van der Waals surface area contributed by atoms with Crippen molar-refractivity contribution in [2.45, 2.75) is 13.3 Å². The van der Waals surface area contributed by atoms with E-state index in [1.54, 1.807) is 37.4 Å². The van der Waals surface area contributed by atoms with E-state index in [9.17, 15) is 14.9 Å². The lowest BCUT2D eigenvalue weighted by molar-refractivity contribution is -0.385. The monoisotopic (exact) mass is 457 g/mol. The van der Waals surface area contributed by atoms with Gasteiger partial charge in [-0.3, -0.25) is 20.3 Å². The Morgan fingerprint density at radius 3 is 2.69 bits per heavy atom. The normalized spacial score (nSPS) is 10.8. The summed E-state index contributed by atoms with van der Waals surface area (Å²) in [5.74, 6) is 0.835. The average Bonchev–Trinajstić information content (AvgIpc) is 2.81. The number of halogens is 1. The fraction of sp³-hybridized carbons (Fsp3) is 0.190. The third-order valence-corrected chi connectivity index (χ3v) is 4.64. The standard InChI is InChI=1S/C21H20ClN5O5/c1-3-10-32-19-9-4-14(11-18(19)27(29)30)12-23-25-17-13-24-26(21(28)20(17)22)15-5-7-16(31-2)8-6-15/h4-9,11-13,25H,3,10H2,1-2H3/b23-12-. The van der Waals surface area contributed by atoms with Crippen LogP contribution in [0.15, 0.2) is 58.6 Å². The van der Waals surface area contributed by atoms with E-state index in [2.05, 4.69) is 15.6 Å². The quantitative estimate of drug-likeness (QED) is 0.292. The topological polar surface area (TPSA) is 121 Å². The first-order valence-corrected chi connectivity index (χ1v) is 9.95. The first-order chi connectivity index (χ1) is 15.4. The van der Waals surface area contributed by atoms with Gasteiger partial charge in [0.15, 0.2) is 5.75 Å². The molecule has 0 spiro atoms. The van der Waals surface area contributed by atoms with E-state index in [4.69, 9.17) is 21.1 Å². The molecule has 1 N–H and O–H groups in total. The predicted molar refractivity (Wildman–Crippen MR) is 121 cm³/mol. The van der Waals surface area contributed by atoms with Gasteiger partial charge in [0.05, 0.1) is 36.7 Å². The molecule has 32 heavy (non-hydrogen) atoms. The third kappa shape index (κ3) is 5.22. The van der Waals surface area contributed by atoms with Gasteiger partial charge in [0.2, 0.25) is 0 Å². The van der Waals surface area contributed by atoms with Crippen LogP contribution in [-0.2, 0) is 0 Å². The van der Waals surface area contributed by atoms with Gasteiger partial charge in [-0.15, -0.1) is 0 Å². The zero-order valence-corrected chi connectivity index (χ0v) is 18.1. The molecule has 0 unspecified atom stereocenters. The van der Waals surface area contributed by atoms with Gasteiger partial charge in [-0.25, -0.2) is 0 Å². The van der Waals surface area contributed by atoms with Crippen molar-refractivity contribution < 1.29 is 14.4 Å². The van der Waals surface area contributed by atoms with Crippen molar-refractivity contribution in [2.24, 2.45) is 5.10 Å². The number of hydrogen-bond donors (Lipinski definition) is 1. The fourth-order valence-electron chi connectivity index (χ4n) is 2.69. The third-order valence-electron chi connectivity index (χ3n) is 4.28. The molecule has 0 radical (unpaired) electrons. The van der Waals surface area contributed by atoms with Crippen molar-refractivity contribution in [2.75, 3.05) is 19.1 Å². The van der Waals surface area contributed by atoms with Crippen LogP contribution in [0.1, 0.15) is 18.9 Å². The number of nitro benzene ring substituents is 1. The summed E-state index contributed by atoms with van der Waals surface area (Å²) in [6, 6.07) is 11.2. The van der Waals surface area contributed by atoms with E-state index in [1.165, 1.54) is 24.5 Å². The number of rotatable bonds is 9. The second-order valence-corrected chi connectivity index (χ2v) is 6.87. The van der Waals surface area contributed by atoms with E-state index >= 15 is 0 Å². The number of nitro groups is 1. The molecule has 3 rings (SSSR count). The molecule has 0 amide bonds. The van der Waals surface area contributed by atoms with Gasteiger partial charge in [-0.05, 0) is 42.8 Å². The molecule has 1 heterocycles. The lowest BCUT2D eigenvalue weighted by Crippen LogP contribution is -2.22. The predicted octanol–water partition coefficient (Wildman–Crippen LogP) is 4.04. The maximum absolute atomic E-state index is 12.6. The van der Waals surface area contributed by atoms with Crippen LogP contribution in [0.25, 0.3) is 5.69 Å². The smallest absolute Gasteiger partial charge is 0.311 e. The molecule has 11 heteroatoms. The lowest BCUT2D eigenvalue weighted by atomic mass is 10.2. The molecule has 0 aliphatic carbocycles. The summed E-state index contributed by atoms with van der Waals surface area (Å²) in [7, 11) is 1.55. The first kappa shape index (κ1) is 22.8. The van der Waals surface area contributed by atoms with Crippen molar-refractivity contribution in [3.63, 3.8) is 0 Å². The van der Waals surface area contributed by atoms with Crippen LogP contribution >= 0.6 is 11.6 Å². The van der Waals surface area contributed by atoms with Crippen LogP contribution < -0.4 is 20.5 Å². The van der Waals surface area contributed by atoms with Crippen molar-refractivity contribution in [3.05, 3.63) is 79.7 Å². The number of benzene rings is 2. The molecule has 0 aliphatic rings. The largest absolute Gasteiger partial charge is 0.497 e. The number of hydrogen-bond acceptors (Lipinski definition) is 8. The lowest BCUT2D eigenvalue weighted by Gasteiger charge is -2.08. The van der Waals surface area contributed by atoms with E-state index in [0.717, 1.165) is 11.1 Å². The van der Waals surface area contributed by atoms with Crippen LogP contribution in [0.2, 0.25) is 5.02 Å². The zero-order chi connectivity index (χ0) is 23.1. The van der Waals surface area contributed by atoms with Crippen LogP contribution in [0.4, 0.5) is 11.4 Å². The Kier molecular flexibility index (Phi) is 7.40. The van der Waals surface area contributed by atoms with Crippen molar-refractivity contribution in [3.8, 4) is 17.2 Å². The van der Waals surface area contributed by atoms with E-state index in [1.807, 2.05) is 6.92 Å². The summed E-state index contributed by atoms with van der Waals surface area (Å²) in [6.07, 6.45) is 3.45. The van der Waals surface area contributed by atoms with Crippen molar-refractivity contribution in [1.29, 1.82) is 0 Å². The summed E-state index contributed by atoms with van der Waals surface area (Å²) in [6.45, 7) is 2.29. The molecule has 0 saturated heterocycles. The van der Waals surface area contributed by atoms with Gasteiger partial charge >= 0.3 is 5.69 Å². The van der Waals surface area contributed by atoms with Gasteiger partial charge in [-0.2, -0.15) is 14.9 Å². The van der Waals surface area contributed by atoms with Gasteiger partial charge in [0, 0.05) is 11.6 Å². The van der Waals surface area contributed by atoms with E-state index < -0.39 is 10.5 Å². The van der Waals surface area contributed by atoms with Gasteiger partial charge in [-0.1, -0.05) is 18.5 Å². The highest BCUT2D eigenvalue weighted by molar-refractivity contribution is 6.32. The molecule has 0 saturated carbocycles. The summed E-state index contributed by atoms with van der Waals surface area (Å²) in [5.41, 5.74) is 3.11. The Bertz CT molecular complexity index is 1190. The fourth-order valence-corrected chi connectivity index (χ4v) is 2.86. The molecule has 2 aromatic carbocycles. The minimum atomic E-state index is -0.537.